The van der Waals surface area contributed by atoms with Crippen LogP contribution in [0.5, 0.6) is 0 Å². The Kier molecular flexibility index (Phi) is 3.69. The molecule has 4 nitrogen and oxygen atoms in total. The first-order valence-electron chi connectivity index (χ1n) is 7.39. The summed E-state index contributed by atoms with van der Waals surface area (Å²) in [5, 5.41) is 0. The third-order valence-electron chi connectivity index (χ3n) is 3.99. The molecule has 2 heterocycles. The molecular formula is C17H20N2O2. The van der Waals surface area contributed by atoms with Crippen LogP contribution in [0.1, 0.15) is 30.3 Å². The van der Waals surface area contributed by atoms with Crippen molar-refractivity contribution in [3.63, 3.8) is 0 Å². The number of hydrogen-bond donors (Lipinski definition) is 1. The summed E-state index contributed by atoms with van der Waals surface area (Å²) in [4.78, 5) is 14.4. The van der Waals surface area contributed by atoms with Gasteiger partial charge in [-0.25, -0.2) is 0 Å². The van der Waals surface area contributed by atoms with Crippen LogP contribution in [-0.2, 0) is 0 Å². The molecular weight excluding hydrogens is 264 g/mol. The Morgan fingerprint density at radius 1 is 1.29 bits per heavy atom. The maximum atomic E-state index is 12.5. The van der Waals surface area contributed by atoms with Crippen LogP contribution in [0.3, 0.4) is 0 Å². The molecule has 1 aliphatic heterocycles. The number of rotatable bonds is 2. The number of furan rings is 1. The van der Waals surface area contributed by atoms with Gasteiger partial charge in [0.05, 0.1) is 0 Å². The molecule has 1 saturated heterocycles. The van der Waals surface area contributed by atoms with E-state index in [9.17, 15) is 4.79 Å². The van der Waals surface area contributed by atoms with E-state index in [1.54, 1.807) is 6.07 Å². The lowest BCUT2D eigenvalue weighted by molar-refractivity contribution is 0.0652. The number of anilines is 1. The van der Waals surface area contributed by atoms with E-state index >= 15 is 0 Å². The van der Waals surface area contributed by atoms with Crippen LogP contribution < -0.4 is 5.73 Å². The summed E-state index contributed by atoms with van der Waals surface area (Å²) in [5.41, 5.74) is 7.42. The highest BCUT2D eigenvalue weighted by Crippen LogP contribution is 2.28. The number of likely N-dealkylation sites (tertiary alicyclic amines) is 1. The molecule has 1 aromatic carbocycles. The van der Waals surface area contributed by atoms with E-state index in [0.29, 0.717) is 23.1 Å². The molecule has 1 aromatic heterocycles. The van der Waals surface area contributed by atoms with Gasteiger partial charge in [0, 0.05) is 24.3 Å². The predicted molar refractivity (Wildman–Crippen MR) is 82.9 cm³/mol. The molecule has 1 fully saturated rings. The average Bonchev–Trinajstić information content (AvgIpc) is 2.96. The molecule has 0 unspecified atom stereocenters. The number of amides is 1. The van der Waals surface area contributed by atoms with Crippen molar-refractivity contribution in [2.75, 3.05) is 18.8 Å². The zero-order valence-corrected chi connectivity index (χ0v) is 12.2. The summed E-state index contributed by atoms with van der Waals surface area (Å²) < 4.78 is 5.73. The number of piperidine rings is 1. The highest BCUT2D eigenvalue weighted by Gasteiger charge is 2.24. The van der Waals surface area contributed by atoms with Gasteiger partial charge in [-0.2, -0.15) is 0 Å². The van der Waals surface area contributed by atoms with Gasteiger partial charge < -0.3 is 15.1 Å². The fourth-order valence-electron chi connectivity index (χ4n) is 2.85. The minimum Gasteiger partial charge on any atom is -0.451 e. The predicted octanol–water partition coefficient (Wildman–Crippen LogP) is 3.40. The fourth-order valence-corrected chi connectivity index (χ4v) is 2.85. The Balaban J connectivity index is 1.82. The highest BCUT2D eigenvalue weighted by molar-refractivity contribution is 5.92. The van der Waals surface area contributed by atoms with Crippen molar-refractivity contribution in [3.05, 3.63) is 42.2 Å². The number of benzene rings is 1. The fraction of sp³-hybridized carbons (Fsp3) is 0.353. The zero-order chi connectivity index (χ0) is 14.8. The lowest BCUT2D eigenvalue weighted by Crippen LogP contribution is -2.38. The number of nitrogen functional groups attached to an aromatic ring is 1. The lowest BCUT2D eigenvalue weighted by Gasteiger charge is -2.30. The van der Waals surface area contributed by atoms with E-state index in [4.69, 9.17) is 10.2 Å². The van der Waals surface area contributed by atoms with Crippen LogP contribution >= 0.6 is 0 Å². The maximum Gasteiger partial charge on any atom is 0.289 e. The molecule has 2 aromatic rings. The second kappa shape index (κ2) is 5.64. The summed E-state index contributed by atoms with van der Waals surface area (Å²) in [6.45, 7) is 3.80. The van der Waals surface area contributed by atoms with Crippen LogP contribution in [0, 0.1) is 5.92 Å². The normalized spacial score (nSPS) is 18.7. The molecule has 110 valence electrons. The second-order valence-corrected chi connectivity index (χ2v) is 5.75. The van der Waals surface area contributed by atoms with Crippen LogP contribution in [-0.4, -0.2) is 23.9 Å². The zero-order valence-electron chi connectivity index (χ0n) is 12.2. The number of nitrogens with two attached hydrogens (primary N) is 1. The Morgan fingerprint density at radius 3 is 2.86 bits per heavy atom. The maximum absolute atomic E-state index is 12.5. The Bertz CT molecular complexity index is 648. The molecule has 21 heavy (non-hydrogen) atoms. The molecule has 1 atom stereocenters. The minimum atomic E-state index is -0.0256. The molecule has 3 rings (SSSR count). The van der Waals surface area contributed by atoms with Gasteiger partial charge in [-0.05, 0) is 43.0 Å². The summed E-state index contributed by atoms with van der Waals surface area (Å²) in [6, 6.07) is 11.1. The Labute approximate surface area is 124 Å². The number of carbonyl (C=O) groups is 1. The van der Waals surface area contributed by atoms with Gasteiger partial charge in [-0.1, -0.05) is 19.1 Å². The standard InChI is InChI=1S/C17H20N2O2/c1-12-5-4-10-19(11-12)17(20)16-9-8-15(21-16)13-6-2-3-7-14(13)18/h2-3,6-9,12H,4-5,10-11,18H2,1H3/t12-/m0/s1. The molecule has 1 amide bonds. The molecule has 0 bridgehead atoms. The molecule has 0 spiro atoms. The van der Waals surface area contributed by atoms with Crippen LogP contribution in [0.2, 0.25) is 0 Å². The van der Waals surface area contributed by atoms with Crippen LogP contribution in [0.25, 0.3) is 11.3 Å². The monoisotopic (exact) mass is 284 g/mol. The van der Waals surface area contributed by atoms with Gasteiger partial charge in [0.15, 0.2) is 5.76 Å². The minimum absolute atomic E-state index is 0.0256. The average molecular weight is 284 g/mol. The van der Waals surface area contributed by atoms with Gasteiger partial charge in [-0.3, -0.25) is 4.79 Å². The Morgan fingerprint density at radius 2 is 2.10 bits per heavy atom. The van der Waals surface area contributed by atoms with Gasteiger partial charge in [0.25, 0.3) is 5.91 Å². The van der Waals surface area contributed by atoms with Crippen molar-refractivity contribution in [1.82, 2.24) is 4.90 Å². The van der Waals surface area contributed by atoms with Crippen molar-refractivity contribution in [2.24, 2.45) is 5.92 Å². The molecule has 2 N–H and O–H groups in total. The van der Waals surface area contributed by atoms with Gasteiger partial charge in [0.1, 0.15) is 5.76 Å². The molecule has 0 radical (unpaired) electrons. The molecule has 0 saturated carbocycles. The third-order valence-corrected chi connectivity index (χ3v) is 3.99. The Hall–Kier alpha value is -2.23. The van der Waals surface area contributed by atoms with Gasteiger partial charge in [0.2, 0.25) is 0 Å². The first-order chi connectivity index (χ1) is 10.1. The number of nitrogens with zero attached hydrogens (tertiary/aromatic N) is 1. The molecule has 1 aliphatic rings. The molecule has 4 heteroatoms. The first-order valence-corrected chi connectivity index (χ1v) is 7.39. The summed E-state index contributed by atoms with van der Waals surface area (Å²) in [6.07, 6.45) is 2.25. The smallest absolute Gasteiger partial charge is 0.289 e. The van der Waals surface area contributed by atoms with Crippen LogP contribution in [0.15, 0.2) is 40.8 Å². The van der Waals surface area contributed by atoms with Crippen molar-refractivity contribution < 1.29 is 9.21 Å². The largest absolute Gasteiger partial charge is 0.451 e. The second-order valence-electron chi connectivity index (χ2n) is 5.75. The summed E-state index contributed by atoms with van der Waals surface area (Å²) >= 11 is 0. The van der Waals surface area contributed by atoms with E-state index in [-0.39, 0.29) is 5.91 Å². The SMILES string of the molecule is C[C@H]1CCCN(C(=O)c2ccc(-c3ccccc3N)o2)C1. The van der Waals surface area contributed by atoms with Gasteiger partial charge in [-0.15, -0.1) is 0 Å². The first kappa shape index (κ1) is 13.7. The van der Waals surface area contributed by atoms with Crippen LogP contribution in [0.4, 0.5) is 5.69 Å². The number of carbonyl (C=O) groups excluding carboxylic acids is 1. The van der Waals surface area contributed by atoms with Crippen molar-refractivity contribution in [2.45, 2.75) is 19.8 Å². The lowest BCUT2D eigenvalue weighted by atomic mass is 10.0. The third kappa shape index (κ3) is 2.79. The quantitative estimate of drug-likeness (QED) is 0.860. The van der Waals surface area contributed by atoms with Crippen molar-refractivity contribution in [3.8, 4) is 11.3 Å². The van der Waals surface area contributed by atoms with Gasteiger partial charge >= 0.3 is 0 Å². The van der Waals surface area contributed by atoms with Crippen molar-refractivity contribution in [1.29, 1.82) is 0 Å². The number of hydrogen-bond acceptors (Lipinski definition) is 3. The summed E-state index contributed by atoms with van der Waals surface area (Å²) in [7, 11) is 0. The molecule has 0 aliphatic carbocycles. The van der Waals surface area contributed by atoms with E-state index < -0.39 is 0 Å². The van der Waals surface area contributed by atoms with E-state index in [0.717, 1.165) is 25.1 Å². The van der Waals surface area contributed by atoms with E-state index in [1.807, 2.05) is 35.2 Å². The summed E-state index contributed by atoms with van der Waals surface area (Å²) in [5.74, 6) is 1.56. The highest BCUT2D eigenvalue weighted by atomic mass is 16.4. The number of para-hydroxylation sites is 1. The van der Waals surface area contributed by atoms with Crippen molar-refractivity contribution >= 4 is 11.6 Å². The van der Waals surface area contributed by atoms with E-state index in [1.165, 1.54) is 6.42 Å². The topological polar surface area (TPSA) is 59.5 Å². The van der Waals surface area contributed by atoms with E-state index in [2.05, 4.69) is 6.92 Å².